The Morgan fingerprint density at radius 1 is 1.35 bits per heavy atom. The summed E-state index contributed by atoms with van der Waals surface area (Å²) in [6.45, 7) is 6.93. The molecule has 1 fully saturated rings. The second-order valence-electron chi connectivity index (χ2n) is 6.98. The summed E-state index contributed by atoms with van der Waals surface area (Å²) in [5.74, 6) is -0.0547. The second kappa shape index (κ2) is 6.98. The van der Waals surface area contributed by atoms with Crippen molar-refractivity contribution >= 4 is 12.0 Å². The molecule has 0 radical (unpaired) electrons. The van der Waals surface area contributed by atoms with Crippen LogP contribution in [0.25, 0.3) is 0 Å². The van der Waals surface area contributed by atoms with Gasteiger partial charge in [0.15, 0.2) is 0 Å². The van der Waals surface area contributed by atoms with Crippen molar-refractivity contribution in [1.29, 1.82) is 0 Å². The summed E-state index contributed by atoms with van der Waals surface area (Å²) < 4.78 is 5.39. The number of primary amides is 1. The van der Waals surface area contributed by atoms with Crippen LogP contribution in [-0.4, -0.2) is 40.6 Å². The van der Waals surface area contributed by atoms with E-state index in [9.17, 15) is 9.59 Å². The highest BCUT2D eigenvalue weighted by Crippen LogP contribution is 2.23. The zero-order valence-electron chi connectivity index (χ0n) is 14.0. The number of nitrogens with two attached hydrogens (primary N) is 1. The Morgan fingerprint density at radius 2 is 2.00 bits per heavy atom. The number of carbonyl (C=O) groups excluding carboxylic acids is 2. The van der Waals surface area contributed by atoms with Gasteiger partial charge in [-0.25, -0.2) is 4.79 Å². The van der Waals surface area contributed by atoms with Crippen molar-refractivity contribution in [3.63, 3.8) is 0 Å². The van der Waals surface area contributed by atoms with E-state index in [1.54, 1.807) is 23.2 Å². The molecule has 2 heterocycles. The molecule has 0 unspecified atom stereocenters. The van der Waals surface area contributed by atoms with Gasteiger partial charge in [0.25, 0.3) is 5.91 Å². The number of amides is 2. The van der Waals surface area contributed by atoms with Crippen LogP contribution in [-0.2, 0) is 11.2 Å². The normalized spacial score (nSPS) is 16.2. The van der Waals surface area contributed by atoms with E-state index >= 15 is 0 Å². The van der Waals surface area contributed by atoms with Crippen LogP contribution in [0.5, 0.6) is 0 Å². The van der Waals surface area contributed by atoms with E-state index < -0.39 is 11.5 Å². The monoisotopic (exact) mass is 319 g/mol. The zero-order chi connectivity index (χ0) is 17.0. The molecule has 0 spiro atoms. The molecule has 126 valence electrons. The number of likely N-dealkylation sites (tertiary alicyclic amines) is 1. The van der Waals surface area contributed by atoms with Gasteiger partial charge < -0.3 is 15.4 Å². The minimum atomic E-state index is -0.474. The Balaban J connectivity index is 1.91. The van der Waals surface area contributed by atoms with Gasteiger partial charge in [0.1, 0.15) is 5.60 Å². The fraction of sp³-hybridized carbons (Fsp3) is 0.588. The summed E-state index contributed by atoms with van der Waals surface area (Å²) in [6.07, 6.45) is 3.87. The molecule has 6 heteroatoms. The van der Waals surface area contributed by atoms with Crippen LogP contribution in [0.4, 0.5) is 4.79 Å². The van der Waals surface area contributed by atoms with Crippen molar-refractivity contribution in [2.24, 2.45) is 11.7 Å². The number of hydrogen-bond donors (Lipinski definition) is 1. The lowest BCUT2D eigenvalue weighted by molar-refractivity contribution is 0.0184. The number of carbonyl (C=O) groups is 2. The summed E-state index contributed by atoms with van der Waals surface area (Å²) in [5, 5.41) is 0. The van der Waals surface area contributed by atoms with Crippen molar-refractivity contribution in [2.45, 2.75) is 45.6 Å². The lowest BCUT2D eigenvalue weighted by atomic mass is 9.90. The number of rotatable bonds is 3. The molecule has 6 nitrogen and oxygen atoms in total. The largest absolute Gasteiger partial charge is 0.444 e. The van der Waals surface area contributed by atoms with E-state index in [0.717, 1.165) is 18.5 Å². The van der Waals surface area contributed by atoms with Crippen LogP contribution in [0.2, 0.25) is 0 Å². The van der Waals surface area contributed by atoms with Gasteiger partial charge in [0.05, 0.1) is 11.3 Å². The van der Waals surface area contributed by atoms with Crippen molar-refractivity contribution in [1.82, 2.24) is 9.88 Å². The van der Waals surface area contributed by atoms with Crippen molar-refractivity contribution < 1.29 is 14.3 Å². The lowest BCUT2D eigenvalue weighted by Crippen LogP contribution is -2.42. The van der Waals surface area contributed by atoms with E-state index in [-0.39, 0.29) is 6.09 Å². The summed E-state index contributed by atoms with van der Waals surface area (Å²) in [7, 11) is 0. The Labute approximate surface area is 137 Å². The van der Waals surface area contributed by atoms with Crippen LogP contribution >= 0.6 is 0 Å². The van der Waals surface area contributed by atoms with Gasteiger partial charge >= 0.3 is 6.09 Å². The molecular weight excluding hydrogens is 294 g/mol. The molecule has 1 aliphatic heterocycles. The summed E-state index contributed by atoms with van der Waals surface area (Å²) in [6, 6.07) is 3.43. The molecule has 1 aliphatic rings. The molecule has 0 atom stereocenters. The number of aromatic nitrogens is 1. The number of nitrogens with zero attached hydrogens (tertiary/aromatic N) is 2. The van der Waals surface area contributed by atoms with Crippen LogP contribution in [0, 0.1) is 5.92 Å². The smallest absolute Gasteiger partial charge is 0.410 e. The van der Waals surface area contributed by atoms with Crippen LogP contribution < -0.4 is 5.73 Å². The molecule has 2 rings (SSSR count). The van der Waals surface area contributed by atoms with Crippen LogP contribution in [0.1, 0.15) is 49.7 Å². The highest BCUT2D eigenvalue weighted by molar-refractivity contribution is 5.93. The SMILES string of the molecule is CC(C)(C)OC(=O)N1CCC(Cc2ncccc2C(N)=O)CC1. The average molecular weight is 319 g/mol. The van der Waals surface area contributed by atoms with E-state index in [1.165, 1.54) is 0 Å². The first kappa shape index (κ1) is 17.2. The van der Waals surface area contributed by atoms with Gasteiger partial charge in [0.2, 0.25) is 0 Å². The molecule has 2 N–H and O–H groups in total. The highest BCUT2D eigenvalue weighted by atomic mass is 16.6. The minimum Gasteiger partial charge on any atom is -0.444 e. The average Bonchev–Trinajstić information content (AvgIpc) is 2.46. The molecule has 0 bridgehead atoms. The first-order valence-electron chi connectivity index (χ1n) is 7.98. The first-order chi connectivity index (χ1) is 10.8. The summed E-state index contributed by atoms with van der Waals surface area (Å²) in [5.41, 5.74) is 6.15. The molecule has 0 aliphatic carbocycles. The molecule has 2 amide bonds. The fourth-order valence-corrected chi connectivity index (χ4v) is 2.74. The number of piperidine rings is 1. The third kappa shape index (κ3) is 4.94. The third-order valence-corrected chi connectivity index (χ3v) is 3.90. The van der Waals surface area contributed by atoms with Crippen molar-refractivity contribution in [3.8, 4) is 0 Å². The van der Waals surface area contributed by atoms with E-state index in [4.69, 9.17) is 10.5 Å². The number of pyridine rings is 1. The first-order valence-corrected chi connectivity index (χ1v) is 7.98. The molecule has 1 aromatic rings. The Morgan fingerprint density at radius 3 is 2.57 bits per heavy atom. The number of hydrogen-bond acceptors (Lipinski definition) is 4. The zero-order valence-corrected chi connectivity index (χ0v) is 14.0. The van der Waals surface area contributed by atoms with Crippen molar-refractivity contribution in [3.05, 3.63) is 29.6 Å². The van der Waals surface area contributed by atoms with Gasteiger partial charge in [-0.05, 0) is 58.1 Å². The Bertz CT molecular complexity index is 573. The number of ether oxygens (including phenoxy) is 1. The van der Waals surface area contributed by atoms with E-state index in [1.807, 2.05) is 20.8 Å². The minimum absolute atomic E-state index is 0.258. The Kier molecular flexibility index (Phi) is 5.23. The van der Waals surface area contributed by atoms with Crippen molar-refractivity contribution in [2.75, 3.05) is 13.1 Å². The van der Waals surface area contributed by atoms with Crippen LogP contribution in [0.3, 0.4) is 0 Å². The van der Waals surface area contributed by atoms with Gasteiger partial charge in [-0.2, -0.15) is 0 Å². The molecule has 1 aromatic heterocycles. The van der Waals surface area contributed by atoms with Crippen LogP contribution in [0.15, 0.2) is 18.3 Å². The van der Waals surface area contributed by atoms with Gasteiger partial charge in [-0.15, -0.1) is 0 Å². The van der Waals surface area contributed by atoms with Gasteiger partial charge in [-0.3, -0.25) is 9.78 Å². The fourth-order valence-electron chi connectivity index (χ4n) is 2.74. The molecule has 0 saturated carbocycles. The van der Waals surface area contributed by atoms with E-state index in [0.29, 0.717) is 31.0 Å². The highest BCUT2D eigenvalue weighted by Gasteiger charge is 2.27. The molecule has 0 aromatic carbocycles. The second-order valence-corrected chi connectivity index (χ2v) is 6.98. The lowest BCUT2D eigenvalue weighted by Gasteiger charge is -2.33. The quantitative estimate of drug-likeness (QED) is 0.926. The summed E-state index contributed by atoms with van der Waals surface area (Å²) >= 11 is 0. The molecule has 1 saturated heterocycles. The Hall–Kier alpha value is -2.11. The van der Waals surface area contributed by atoms with Gasteiger partial charge in [0, 0.05) is 19.3 Å². The maximum absolute atomic E-state index is 12.1. The topological polar surface area (TPSA) is 85.5 Å². The van der Waals surface area contributed by atoms with Gasteiger partial charge in [-0.1, -0.05) is 0 Å². The third-order valence-electron chi connectivity index (χ3n) is 3.90. The maximum Gasteiger partial charge on any atom is 0.410 e. The predicted molar refractivity (Wildman–Crippen MR) is 87.0 cm³/mol. The standard InChI is InChI=1S/C17H25N3O3/c1-17(2,3)23-16(22)20-9-6-12(7-10-20)11-14-13(15(18)21)5-4-8-19-14/h4-5,8,12H,6-7,9-11H2,1-3H3,(H2,18,21). The maximum atomic E-state index is 12.1. The summed E-state index contributed by atoms with van der Waals surface area (Å²) in [4.78, 5) is 29.5. The molecule has 23 heavy (non-hydrogen) atoms. The predicted octanol–water partition coefficient (Wildman–Crippen LogP) is 2.37. The van der Waals surface area contributed by atoms with E-state index in [2.05, 4.69) is 4.98 Å². The molecular formula is C17H25N3O3.